The molecule has 150 valence electrons. The van der Waals surface area contributed by atoms with Crippen molar-refractivity contribution >= 4 is 11.8 Å². The van der Waals surface area contributed by atoms with Gasteiger partial charge in [-0.3, -0.25) is 9.59 Å². The van der Waals surface area contributed by atoms with Crippen molar-refractivity contribution in [1.82, 2.24) is 10.2 Å². The van der Waals surface area contributed by atoms with Crippen LogP contribution in [0.5, 0.6) is 0 Å². The maximum atomic E-state index is 14.1. The van der Waals surface area contributed by atoms with Crippen LogP contribution in [0.25, 0.3) is 0 Å². The summed E-state index contributed by atoms with van der Waals surface area (Å²) in [5.41, 5.74) is 0.0399. The largest absolute Gasteiger partial charge is 0.350 e. The smallest absolute Gasteiger partial charge is 0.242 e. The summed E-state index contributed by atoms with van der Waals surface area (Å²) in [7, 11) is 0. The molecule has 0 unspecified atom stereocenters. The van der Waals surface area contributed by atoms with Crippen LogP contribution in [0, 0.1) is 11.6 Å². The summed E-state index contributed by atoms with van der Waals surface area (Å²) >= 11 is 0. The molecule has 0 aliphatic rings. The highest BCUT2D eigenvalue weighted by Crippen LogP contribution is 2.16. The second-order valence-electron chi connectivity index (χ2n) is 7.80. The average Bonchev–Trinajstić information content (AvgIpc) is 2.61. The van der Waals surface area contributed by atoms with Gasteiger partial charge in [0.2, 0.25) is 11.8 Å². The van der Waals surface area contributed by atoms with Gasteiger partial charge in [-0.1, -0.05) is 36.4 Å². The van der Waals surface area contributed by atoms with Crippen LogP contribution >= 0.6 is 0 Å². The molecule has 0 heterocycles. The van der Waals surface area contributed by atoms with Gasteiger partial charge in [-0.05, 0) is 45.4 Å². The third-order valence-electron chi connectivity index (χ3n) is 4.26. The molecular formula is C22H26F2N2O2. The van der Waals surface area contributed by atoms with Crippen LogP contribution in [-0.4, -0.2) is 28.3 Å². The number of benzene rings is 2. The summed E-state index contributed by atoms with van der Waals surface area (Å²) < 4.78 is 28.1. The number of nitrogens with zero attached hydrogens (tertiary/aromatic N) is 1. The van der Waals surface area contributed by atoms with E-state index in [-0.39, 0.29) is 24.4 Å². The van der Waals surface area contributed by atoms with E-state index >= 15 is 0 Å². The second kappa shape index (κ2) is 8.95. The molecule has 0 aliphatic carbocycles. The first-order chi connectivity index (χ1) is 13.1. The molecule has 0 radical (unpaired) electrons. The van der Waals surface area contributed by atoms with Crippen LogP contribution in [-0.2, 0) is 22.6 Å². The fraction of sp³-hybridized carbons (Fsp3) is 0.364. The molecule has 4 nitrogen and oxygen atoms in total. The van der Waals surface area contributed by atoms with Crippen molar-refractivity contribution in [2.75, 3.05) is 0 Å². The van der Waals surface area contributed by atoms with Gasteiger partial charge in [0, 0.05) is 17.6 Å². The van der Waals surface area contributed by atoms with E-state index in [2.05, 4.69) is 5.32 Å². The summed E-state index contributed by atoms with van der Waals surface area (Å²) in [6.07, 6.45) is -0.214. The lowest BCUT2D eigenvalue weighted by atomic mass is 10.1. The molecule has 1 N–H and O–H groups in total. The first-order valence-electron chi connectivity index (χ1n) is 9.17. The molecule has 2 aromatic carbocycles. The molecule has 0 aliphatic heterocycles. The lowest BCUT2D eigenvalue weighted by Gasteiger charge is -2.31. The van der Waals surface area contributed by atoms with Gasteiger partial charge in [0.15, 0.2) is 0 Å². The number of carbonyl (C=O) groups excluding carboxylic acids is 2. The number of hydrogen-bond acceptors (Lipinski definition) is 2. The van der Waals surface area contributed by atoms with Gasteiger partial charge in [0.05, 0.1) is 6.42 Å². The molecule has 28 heavy (non-hydrogen) atoms. The van der Waals surface area contributed by atoms with Crippen molar-refractivity contribution in [3.63, 3.8) is 0 Å². The first kappa shape index (κ1) is 21.5. The van der Waals surface area contributed by atoms with Crippen molar-refractivity contribution in [2.45, 2.75) is 52.2 Å². The number of rotatable bonds is 6. The Morgan fingerprint density at radius 1 is 0.964 bits per heavy atom. The minimum absolute atomic E-state index is 0.0846. The molecule has 6 heteroatoms. The monoisotopic (exact) mass is 388 g/mol. The summed E-state index contributed by atoms with van der Waals surface area (Å²) in [4.78, 5) is 26.9. The van der Waals surface area contributed by atoms with E-state index in [9.17, 15) is 18.4 Å². The first-order valence-corrected chi connectivity index (χ1v) is 9.17. The molecule has 0 spiro atoms. The second-order valence-corrected chi connectivity index (χ2v) is 7.80. The Balaban J connectivity index is 2.29. The predicted octanol–water partition coefficient (Wildman–Crippen LogP) is 3.84. The highest BCUT2D eigenvalue weighted by Gasteiger charge is 2.29. The van der Waals surface area contributed by atoms with Crippen LogP contribution in [0.15, 0.2) is 48.5 Å². The Hall–Kier alpha value is -2.76. The van der Waals surface area contributed by atoms with E-state index < -0.39 is 29.1 Å². The van der Waals surface area contributed by atoms with E-state index in [0.29, 0.717) is 5.56 Å². The lowest BCUT2D eigenvalue weighted by Crippen LogP contribution is -2.52. The maximum Gasteiger partial charge on any atom is 0.242 e. The Morgan fingerprint density at radius 2 is 1.46 bits per heavy atom. The Bertz CT molecular complexity index is 846. The molecule has 0 saturated carbocycles. The zero-order valence-electron chi connectivity index (χ0n) is 16.6. The van der Waals surface area contributed by atoms with E-state index in [1.165, 1.54) is 23.1 Å². The quantitative estimate of drug-likeness (QED) is 0.817. The van der Waals surface area contributed by atoms with Crippen molar-refractivity contribution in [3.8, 4) is 0 Å². The molecule has 2 rings (SSSR count). The van der Waals surface area contributed by atoms with E-state index in [0.717, 1.165) is 0 Å². The van der Waals surface area contributed by atoms with Crippen molar-refractivity contribution in [1.29, 1.82) is 0 Å². The van der Waals surface area contributed by atoms with Gasteiger partial charge in [0.1, 0.15) is 17.7 Å². The third kappa shape index (κ3) is 5.87. The fourth-order valence-corrected chi connectivity index (χ4v) is 2.77. The summed E-state index contributed by atoms with van der Waals surface area (Å²) in [5, 5.41) is 2.83. The predicted molar refractivity (Wildman–Crippen MR) is 104 cm³/mol. The van der Waals surface area contributed by atoms with Crippen LogP contribution < -0.4 is 5.32 Å². The minimum atomic E-state index is -0.849. The van der Waals surface area contributed by atoms with Gasteiger partial charge in [0.25, 0.3) is 0 Å². The van der Waals surface area contributed by atoms with Gasteiger partial charge in [-0.2, -0.15) is 0 Å². The number of amides is 2. The SMILES string of the molecule is C[C@H](C(=O)NC(C)(C)C)N(Cc1ccccc1F)C(=O)Cc1ccccc1F. The highest BCUT2D eigenvalue weighted by atomic mass is 19.1. The van der Waals surface area contributed by atoms with Crippen LogP contribution in [0.1, 0.15) is 38.8 Å². The number of hydrogen-bond donors (Lipinski definition) is 1. The Kier molecular flexibility index (Phi) is 6.89. The molecule has 0 fully saturated rings. The lowest BCUT2D eigenvalue weighted by molar-refractivity contribution is -0.140. The normalized spacial score (nSPS) is 12.4. The summed E-state index contributed by atoms with van der Waals surface area (Å²) in [6, 6.07) is 11.2. The van der Waals surface area contributed by atoms with E-state index in [1.54, 1.807) is 37.3 Å². The number of carbonyl (C=O) groups is 2. The zero-order chi connectivity index (χ0) is 20.9. The van der Waals surface area contributed by atoms with E-state index in [4.69, 9.17) is 0 Å². The molecule has 0 aromatic heterocycles. The number of halogens is 2. The van der Waals surface area contributed by atoms with Gasteiger partial charge in [-0.15, -0.1) is 0 Å². The van der Waals surface area contributed by atoms with E-state index in [1.807, 2.05) is 20.8 Å². The van der Waals surface area contributed by atoms with Crippen molar-refractivity contribution in [3.05, 3.63) is 71.3 Å². The minimum Gasteiger partial charge on any atom is -0.350 e. The third-order valence-corrected chi connectivity index (χ3v) is 4.26. The van der Waals surface area contributed by atoms with Crippen molar-refractivity contribution < 1.29 is 18.4 Å². The molecule has 1 atom stereocenters. The Labute approximate surface area is 164 Å². The topological polar surface area (TPSA) is 49.4 Å². The van der Waals surface area contributed by atoms with Crippen LogP contribution in [0.4, 0.5) is 8.78 Å². The zero-order valence-corrected chi connectivity index (χ0v) is 16.6. The average molecular weight is 388 g/mol. The Morgan fingerprint density at radius 3 is 1.96 bits per heavy atom. The maximum absolute atomic E-state index is 14.1. The van der Waals surface area contributed by atoms with Crippen LogP contribution in [0.3, 0.4) is 0 Å². The molecule has 0 bridgehead atoms. The van der Waals surface area contributed by atoms with Gasteiger partial charge >= 0.3 is 0 Å². The molecule has 2 aromatic rings. The standard InChI is InChI=1S/C22H26F2N2O2/c1-15(21(28)25-22(2,3)4)26(14-17-10-6-8-12-19(17)24)20(27)13-16-9-5-7-11-18(16)23/h5-12,15H,13-14H2,1-4H3,(H,25,28)/t15-/m1/s1. The summed E-state index contributed by atoms with van der Waals surface area (Å²) in [5.74, 6) is -1.77. The molecular weight excluding hydrogens is 362 g/mol. The molecule has 2 amide bonds. The van der Waals surface area contributed by atoms with Gasteiger partial charge < -0.3 is 10.2 Å². The summed E-state index contributed by atoms with van der Waals surface area (Å²) in [6.45, 7) is 7.00. The fourth-order valence-electron chi connectivity index (χ4n) is 2.77. The highest BCUT2D eigenvalue weighted by molar-refractivity contribution is 5.88. The van der Waals surface area contributed by atoms with Crippen LogP contribution in [0.2, 0.25) is 0 Å². The van der Waals surface area contributed by atoms with Gasteiger partial charge in [-0.25, -0.2) is 8.78 Å². The molecule has 0 saturated heterocycles. The number of nitrogens with one attached hydrogen (secondary N) is 1. The van der Waals surface area contributed by atoms with Crippen molar-refractivity contribution in [2.24, 2.45) is 0 Å².